The Labute approximate surface area is 164 Å². The average molecular weight is 388 g/mol. The van der Waals surface area contributed by atoms with E-state index < -0.39 is 11.1 Å². The highest BCUT2D eigenvalue weighted by Crippen LogP contribution is 2.28. The molecule has 3 aromatic rings. The first-order chi connectivity index (χ1) is 13.5. The molecule has 0 spiro atoms. The lowest BCUT2D eigenvalue weighted by Crippen LogP contribution is -2.17. The number of carbonyl (C=O) groups is 3. The molecule has 0 bridgehead atoms. The Hall–Kier alpha value is -3.63. The van der Waals surface area contributed by atoms with E-state index in [1.165, 1.54) is 13.0 Å². The van der Waals surface area contributed by atoms with E-state index in [1.807, 2.05) is 0 Å². The lowest BCUT2D eigenvalue weighted by molar-refractivity contribution is -0.115. The maximum atomic E-state index is 11.7. The van der Waals surface area contributed by atoms with Crippen molar-refractivity contribution >= 4 is 45.7 Å². The van der Waals surface area contributed by atoms with E-state index in [4.69, 9.17) is 4.42 Å². The first-order valence-electron chi connectivity index (χ1n) is 8.25. The lowest BCUT2D eigenvalue weighted by Gasteiger charge is -1.95. The maximum Gasteiger partial charge on any atom is 0.290 e. The Morgan fingerprint density at radius 2 is 1.96 bits per heavy atom. The molecule has 136 valence electrons. The van der Waals surface area contributed by atoms with Crippen LogP contribution in [0.5, 0.6) is 0 Å². The standard InChI is InChI=1S/C21H12N2O4S/c1-12(24)14-5-2-13(3-6-14)4-7-15-10-22-11-16-8-17(27-19(15)16)9-18-20(25)23-21(26)28-18/h2-3,5-6,8-11H,1H3,(H,23,25,26)/b18-9-. The van der Waals surface area contributed by atoms with Crippen LogP contribution in [0.4, 0.5) is 4.79 Å². The van der Waals surface area contributed by atoms with Gasteiger partial charge in [0, 0.05) is 35.0 Å². The summed E-state index contributed by atoms with van der Waals surface area (Å²) in [6.45, 7) is 1.51. The summed E-state index contributed by atoms with van der Waals surface area (Å²) >= 11 is 0.827. The van der Waals surface area contributed by atoms with Crippen LogP contribution in [0.1, 0.15) is 34.2 Å². The summed E-state index contributed by atoms with van der Waals surface area (Å²) in [5, 5.41) is 2.53. The summed E-state index contributed by atoms with van der Waals surface area (Å²) in [6, 6.07) is 8.76. The maximum absolute atomic E-state index is 11.7. The van der Waals surface area contributed by atoms with Crippen molar-refractivity contribution in [1.29, 1.82) is 0 Å². The molecule has 7 heteroatoms. The van der Waals surface area contributed by atoms with E-state index in [1.54, 1.807) is 42.7 Å². The van der Waals surface area contributed by atoms with E-state index >= 15 is 0 Å². The Morgan fingerprint density at radius 3 is 2.64 bits per heavy atom. The van der Waals surface area contributed by atoms with Gasteiger partial charge in [-0.2, -0.15) is 0 Å². The number of nitrogens with one attached hydrogen (secondary N) is 1. The second kappa shape index (κ2) is 7.18. The largest absolute Gasteiger partial charge is 0.455 e. The van der Waals surface area contributed by atoms with Crippen molar-refractivity contribution in [2.24, 2.45) is 0 Å². The van der Waals surface area contributed by atoms with E-state index in [0.29, 0.717) is 22.5 Å². The van der Waals surface area contributed by atoms with Crippen molar-refractivity contribution in [1.82, 2.24) is 10.3 Å². The van der Waals surface area contributed by atoms with E-state index in [0.717, 1.165) is 22.7 Å². The summed E-state index contributed by atoms with van der Waals surface area (Å²) < 4.78 is 5.82. The van der Waals surface area contributed by atoms with Crippen LogP contribution in [0.3, 0.4) is 0 Å². The third-order valence-electron chi connectivity index (χ3n) is 3.99. The number of hydrogen-bond donors (Lipinski definition) is 1. The first-order valence-corrected chi connectivity index (χ1v) is 9.07. The number of aromatic nitrogens is 1. The Bertz CT molecular complexity index is 1230. The van der Waals surface area contributed by atoms with Crippen LogP contribution in [0.15, 0.2) is 52.0 Å². The number of rotatable bonds is 2. The fourth-order valence-corrected chi connectivity index (χ4v) is 3.28. The number of imide groups is 1. The molecule has 4 rings (SSSR count). The van der Waals surface area contributed by atoms with Crippen LogP contribution in [0.2, 0.25) is 0 Å². The second-order valence-corrected chi connectivity index (χ2v) is 7.00. The van der Waals surface area contributed by atoms with Crippen molar-refractivity contribution < 1.29 is 18.8 Å². The molecule has 0 unspecified atom stereocenters. The summed E-state index contributed by atoms with van der Waals surface area (Å²) in [5.74, 6) is 6.04. The van der Waals surface area contributed by atoms with Gasteiger partial charge in [-0.15, -0.1) is 0 Å². The van der Waals surface area contributed by atoms with Gasteiger partial charge in [0.2, 0.25) is 0 Å². The SMILES string of the molecule is CC(=O)c1ccc(C#Cc2cncc3cc(/C=C4\SC(=O)NC4=O)oc23)cc1. The number of pyridine rings is 1. The molecule has 3 heterocycles. The fourth-order valence-electron chi connectivity index (χ4n) is 2.62. The molecule has 1 fully saturated rings. The number of thioether (sulfide) groups is 1. The number of furan rings is 1. The van der Waals surface area contributed by atoms with Crippen LogP contribution in [-0.2, 0) is 4.79 Å². The van der Waals surface area contributed by atoms with Crippen molar-refractivity contribution in [2.45, 2.75) is 6.92 Å². The molecule has 2 amide bonds. The Morgan fingerprint density at radius 1 is 1.18 bits per heavy atom. The highest BCUT2D eigenvalue weighted by atomic mass is 32.2. The number of Topliss-reactive ketones (excluding diaryl/α,β-unsaturated/α-hetero) is 1. The molecule has 0 radical (unpaired) electrons. The van der Waals surface area contributed by atoms with E-state index in [2.05, 4.69) is 22.1 Å². The normalized spacial score (nSPS) is 14.8. The van der Waals surface area contributed by atoms with Crippen LogP contribution in [0.25, 0.3) is 17.0 Å². The molecule has 1 saturated heterocycles. The molecule has 1 N–H and O–H groups in total. The zero-order chi connectivity index (χ0) is 19.7. The molecule has 0 saturated carbocycles. The number of carbonyl (C=O) groups excluding carboxylic acids is 3. The van der Waals surface area contributed by atoms with Gasteiger partial charge >= 0.3 is 0 Å². The highest BCUT2D eigenvalue weighted by molar-refractivity contribution is 8.18. The zero-order valence-electron chi connectivity index (χ0n) is 14.6. The van der Waals surface area contributed by atoms with Crippen LogP contribution >= 0.6 is 11.8 Å². The molecular weight excluding hydrogens is 376 g/mol. The fraction of sp³-hybridized carbons (Fsp3) is 0.0476. The average Bonchev–Trinajstić information content (AvgIpc) is 3.22. The minimum absolute atomic E-state index is 0.00141. The summed E-state index contributed by atoms with van der Waals surface area (Å²) in [7, 11) is 0. The van der Waals surface area contributed by atoms with Gasteiger partial charge in [-0.3, -0.25) is 24.7 Å². The highest BCUT2D eigenvalue weighted by Gasteiger charge is 2.25. The van der Waals surface area contributed by atoms with Crippen molar-refractivity contribution in [2.75, 3.05) is 0 Å². The van der Waals surface area contributed by atoms with Gasteiger partial charge in [0.1, 0.15) is 5.76 Å². The third-order valence-corrected chi connectivity index (χ3v) is 4.80. The molecule has 1 aliphatic heterocycles. The molecule has 0 aliphatic carbocycles. The number of nitrogens with zero attached hydrogens (tertiary/aromatic N) is 1. The number of hydrogen-bond acceptors (Lipinski definition) is 6. The number of fused-ring (bicyclic) bond motifs is 1. The molecular formula is C21H12N2O4S. The van der Waals surface area contributed by atoms with E-state index in [9.17, 15) is 14.4 Å². The van der Waals surface area contributed by atoms with Gasteiger partial charge in [-0.1, -0.05) is 24.0 Å². The van der Waals surface area contributed by atoms with Crippen molar-refractivity contribution in [3.05, 3.63) is 70.1 Å². The van der Waals surface area contributed by atoms with Gasteiger partial charge in [0.25, 0.3) is 11.1 Å². The third kappa shape index (κ3) is 3.59. The van der Waals surface area contributed by atoms with Gasteiger partial charge in [-0.25, -0.2) is 0 Å². The lowest BCUT2D eigenvalue weighted by atomic mass is 10.1. The van der Waals surface area contributed by atoms with Crippen LogP contribution in [-0.4, -0.2) is 21.9 Å². The summed E-state index contributed by atoms with van der Waals surface area (Å²) in [4.78, 5) is 38.7. The predicted molar refractivity (Wildman–Crippen MR) is 106 cm³/mol. The monoisotopic (exact) mass is 388 g/mol. The Balaban J connectivity index is 1.67. The van der Waals surface area contributed by atoms with Crippen LogP contribution < -0.4 is 5.32 Å². The minimum Gasteiger partial charge on any atom is -0.455 e. The number of benzene rings is 1. The predicted octanol–water partition coefficient (Wildman–Crippen LogP) is 3.75. The Kier molecular flexibility index (Phi) is 4.55. The zero-order valence-corrected chi connectivity index (χ0v) is 15.4. The molecule has 1 aromatic carbocycles. The topological polar surface area (TPSA) is 89.3 Å². The summed E-state index contributed by atoms with van der Waals surface area (Å²) in [6.07, 6.45) is 4.75. The number of amides is 2. The van der Waals surface area contributed by atoms with Crippen LogP contribution in [0, 0.1) is 11.8 Å². The first kappa shape index (κ1) is 17.8. The molecule has 0 atom stereocenters. The molecule has 28 heavy (non-hydrogen) atoms. The minimum atomic E-state index is -0.442. The van der Waals surface area contributed by atoms with Gasteiger partial charge in [-0.05, 0) is 36.9 Å². The van der Waals surface area contributed by atoms with Gasteiger partial charge in [0.05, 0.1) is 10.5 Å². The van der Waals surface area contributed by atoms with Gasteiger partial charge < -0.3 is 4.42 Å². The smallest absolute Gasteiger partial charge is 0.290 e. The number of ketones is 1. The molecule has 2 aromatic heterocycles. The molecule has 1 aliphatic rings. The van der Waals surface area contributed by atoms with Gasteiger partial charge in [0.15, 0.2) is 11.4 Å². The van der Waals surface area contributed by atoms with Crippen molar-refractivity contribution in [3.63, 3.8) is 0 Å². The van der Waals surface area contributed by atoms with E-state index in [-0.39, 0.29) is 10.7 Å². The van der Waals surface area contributed by atoms with Crippen molar-refractivity contribution in [3.8, 4) is 11.8 Å². The summed E-state index contributed by atoms with van der Waals surface area (Å²) in [5.41, 5.74) is 2.53. The molecule has 6 nitrogen and oxygen atoms in total. The second-order valence-electron chi connectivity index (χ2n) is 5.99. The quantitative estimate of drug-likeness (QED) is 0.409.